The maximum atomic E-state index is 12.8. The van der Waals surface area contributed by atoms with Crippen LogP contribution >= 0.6 is 0 Å². The summed E-state index contributed by atoms with van der Waals surface area (Å²) in [6.07, 6.45) is 6.24. The van der Waals surface area contributed by atoms with E-state index in [-0.39, 0.29) is 11.8 Å². The van der Waals surface area contributed by atoms with Gasteiger partial charge in [0.25, 0.3) is 5.91 Å². The van der Waals surface area contributed by atoms with Crippen LogP contribution in [0.2, 0.25) is 0 Å². The Morgan fingerprint density at radius 3 is 2.81 bits per heavy atom. The molecule has 0 aromatic carbocycles. The van der Waals surface area contributed by atoms with Crippen LogP contribution in [-0.4, -0.2) is 43.4 Å². The predicted molar refractivity (Wildman–Crippen MR) is 100 cm³/mol. The molecule has 26 heavy (non-hydrogen) atoms. The van der Waals surface area contributed by atoms with Gasteiger partial charge in [-0.2, -0.15) is 0 Å². The van der Waals surface area contributed by atoms with Gasteiger partial charge >= 0.3 is 0 Å². The van der Waals surface area contributed by atoms with Crippen LogP contribution in [0.4, 0.5) is 0 Å². The average molecular weight is 349 g/mol. The summed E-state index contributed by atoms with van der Waals surface area (Å²) >= 11 is 0. The topological polar surface area (TPSA) is 63.9 Å². The number of fused-ring (bicyclic) bond motifs is 1. The summed E-state index contributed by atoms with van der Waals surface area (Å²) in [7, 11) is 0. The number of hydrogen-bond acceptors (Lipinski definition) is 4. The van der Waals surface area contributed by atoms with Crippen molar-refractivity contribution in [1.29, 1.82) is 0 Å². The Morgan fingerprint density at radius 1 is 1.23 bits per heavy atom. The third-order valence-electron chi connectivity index (χ3n) is 5.03. The third-order valence-corrected chi connectivity index (χ3v) is 5.03. The first-order valence-electron chi connectivity index (χ1n) is 9.08. The fraction of sp³-hybridized carbons (Fsp3) is 0.400. The molecule has 3 aromatic rings. The van der Waals surface area contributed by atoms with Crippen LogP contribution in [0.15, 0.2) is 36.8 Å². The summed E-state index contributed by atoms with van der Waals surface area (Å²) in [4.78, 5) is 28.1. The van der Waals surface area contributed by atoms with Crippen molar-refractivity contribution in [3.05, 3.63) is 53.9 Å². The molecule has 0 unspecified atom stereocenters. The molecule has 1 aliphatic rings. The molecular formula is C20H23N5O. The summed E-state index contributed by atoms with van der Waals surface area (Å²) < 4.78 is 2.26. The second-order valence-electron chi connectivity index (χ2n) is 7.22. The van der Waals surface area contributed by atoms with Gasteiger partial charge in [-0.05, 0) is 45.4 Å². The van der Waals surface area contributed by atoms with Crippen molar-refractivity contribution < 1.29 is 4.79 Å². The minimum absolute atomic E-state index is 0.0499. The standard InChI is InChI=1S/C20H23N5O/c1-13(2)25-18-11-21-8-6-17(18)23-19(25)16-7-9-24(12-16)20(26)15-5-4-14(3)22-10-15/h4-6,8,10-11,13,16H,7,9,12H2,1-3H3/t16-/m0/s1. The van der Waals surface area contributed by atoms with Crippen LogP contribution in [0.1, 0.15) is 54.1 Å². The summed E-state index contributed by atoms with van der Waals surface area (Å²) in [5.41, 5.74) is 3.60. The van der Waals surface area contributed by atoms with Gasteiger partial charge in [0.05, 0.1) is 22.8 Å². The number of aromatic nitrogens is 4. The van der Waals surface area contributed by atoms with Gasteiger partial charge in [0, 0.05) is 43.1 Å². The highest BCUT2D eigenvalue weighted by Crippen LogP contribution is 2.32. The number of rotatable bonds is 3. The van der Waals surface area contributed by atoms with E-state index in [2.05, 4.69) is 28.4 Å². The first kappa shape index (κ1) is 16.7. The first-order valence-corrected chi connectivity index (χ1v) is 9.08. The molecule has 1 atom stereocenters. The Bertz CT molecular complexity index is 944. The van der Waals surface area contributed by atoms with Crippen molar-refractivity contribution >= 4 is 16.9 Å². The van der Waals surface area contributed by atoms with Gasteiger partial charge in [-0.15, -0.1) is 0 Å². The number of likely N-dealkylation sites (tertiary alicyclic amines) is 1. The Balaban J connectivity index is 1.61. The van der Waals surface area contributed by atoms with E-state index in [1.54, 1.807) is 12.4 Å². The van der Waals surface area contributed by atoms with Gasteiger partial charge in [-0.3, -0.25) is 14.8 Å². The van der Waals surface area contributed by atoms with Gasteiger partial charge in [0.2, 0.25) is 0 Å². The largest absolute Gasteiger partial charge is 0.338 e. The van der Waals surface area contributed by atoms with Crippen molar-refractivity contribution in [3.8, 4) is 0 Å². The van der Waals surface area contributed by atoms with E-state index in [0.717, 1.165) is 35.5 Å². The van der Waals surface area contributed by atoms with Crippen molar-refractivity contribution in [1.82, 2.24) is 24.4 Å². The molecule has 1 fully saturated rings. The molecule has 0 radical (unpaired) electrons. The van der Waals surface area contributed by atoms with E-state index in [9.17, 15) is 4.79 Å². The molecule has 3 aromatic heterocycles. The lowest BCUT2D eigenvalue weighted by molar-refractivity contribution is 0.0790. The fourth-order valence-corrected chi connectivity index (χ4v) is 3.72. The summed E-state index contributed by atoms with van der Waals surface area (Å²) in [5, 5.41) is 0. The van der Waals surface area contributed by atoms with Crippen LogP contribution in [-0.2, 0) is 0 Å². The Morgan fingerprint density at radius 2 is 2.08 bits per heavy atom. The van der Waals surface area contributed by atoms with E-state index in [4.69, 9.17) is 4.98 Å². The van der Waals surface area contributed by atoms with Crippen LogP contribution in [0.25, 0.3) is 11.0 Å². The molecule has 0 saturated carbocycles. The zero-order valence-electron chi connectivity index (χ0n) is 15.4. The smallest absolute Gasteiger partial charge is 0.255 e. The molecule has 0 spiro atoms. The zero-order chi connectivity index (χ0) is 18.3. The van der Waals surface area contributed by atoms with Gasteiger partial charge in [-0.25, -0.2) is 4.98 Å². The average Bonchev–Trinajstić information content (AvgIpc) is 3.26. The lowest BCUT2D eigenvalue weighted by Crippen LogP contribution is -2.29. The Kier molecular flexibility index (Phi) is 4.18. The molecule has 4 rings (SSSR count). The number of carbonyl (C=O) groups excluding carboxylic acids is 1. The number of pyridine rings is 2. The van der Waals surface area contributed by atoms with Gasteiger partial charge in [0.15, 0.2) is 0 Å². The zero-order valence-corrected chi connectivity index (χ0v) is 15.4. The lowest BCUT2D eigenvalue weighted by Gasteiger charge is -2.18. The maximum Gasteiger partial charge on any atom is 0.255 e. The summed E-state index contributed by atoms with van der Waals surface area (Å²) in [6, 6.07) is 5.98. The van der Waals surface area contributed by atoms with Crippen molar-refractivity contribution in [2.24, 2.45) is 0 Å². The molecule has 6 nitrogen and oxygen atoms in total. The molecule has 1 amide bonds. The maximum absolute atomic E-state index is 12.8. The van der Waals surface area contributed by atoms with Gasteiger partial charge < -0.3 is 9.47 Å². The molecule has 134 valence electrons. The molecule has 6 heteroatoms. The molecule has 4 heterocycles. The van der Waals surface area contributed by atoms with E-state index in [0.29, 0.717) is 18.2 Å². The summed E-state index contributed by atoms with van der Waals surface area (Å²) in [5.74, 6) is 1.35. The normalized spacial score (nSPS) is 17.4. The van der Waals surface area contributed by atoms with Crippen LogP contribution in [0.5, 0.6) is 0 Å². The highest BCUT2D eigenvalue weighted by Gasteiger charge is 2.32. The minimum atomic E-state index is 0.0499. The Hall–Kier alpha value is -2.76. The number of aryl methyl sites for hydroxylation is 1. The summed E-state index contributed by atoms with van der Waals surface area (Å²) in [6.45, 7) is 7.68. The third kappa shape index (κ3) is 2.85. The van der Waals surface area contributed by atoms with Gasteiger partial charge in [0.1, 0.15) is 5.82 Å². The molecule has 0 N–H and O–H groups in total. The number of carbonyl (C=O) groups is 1. The molecular weight excluding hydrogens is 326 g/mol. The van der Waals surface area contributed by atoms with Crippen LogP contribution < -0.4 is 0 Å². The highest BCUT2D eigenvalue weighted by molar-refractivity contribution is 5.94. The first-order chi connectivity index (χ1) is 12.5. The SMILES string of the molecule is Cc1ccc(C(=O)N2CC[C@H](c3nc4ccncc4n3C(C)C)C2)cn1. The second-order valence-corrected chi connectivity index (χ2v) is 7.22. The highest BCUT2D eigenvalue weighted by atomic mass is 16.2. The van der Waals surface area contributed by atoms with Crippen LogP contribution in [0.3, 0.4) is 0 Å². The van der Waals surface area contributed by atoms with E-state index < -0.39 is 0 Å². The molecule has 1 saturated heterocycles. The fourth-order valence-electron chi connectivity index (χ4n) is 3.72. The monoisotopic (exact) mass is 349 g/mol. The molecule has 1 aliphatic heterocycles. The molecule has 0 bridgehead atoms. The number of hydrogen-bond donors (Lipinski definition) is 0. The quantitative estimate of drug-likeness (QED) is 0.727. The van der Waals surface area contributed by atoms with E-state index in [1.807, 2.05) is 36.2 Å². The predicted octanol–water partition coefficient (Wildman–Crippen LogP) is 3.35. The van der Waals surface area contributed by atoms with Crippen LogP contribution in [0, 0.1) is 6.92 Å². The van der Waals surface area contributed by atoms with E-state index in [1.165, 1.54) is 0 Å². The minimum Gasteiger partial charge on any atom is -0.338 e. The van der Waals surface area contributed by atoms with Gasteiger partial charge in [-0.1, -0.05) is 0 Å². The van der Waals surface area contributed by atoms with E-state index >= 15 is 0 Å². The number of amides is 1. The molecule has 0 aliphatic carbocycles. The second kappa shape index (κ2) is 6.52. The lowest BCUT2D eigenvalue weighted by atomic mass is 10.1. The number of nitrogens with zero attached hydrogens (tertiary/aromatic N) is 5. The van der Waals surface area contributed by atoms with Crippen molar-refractivity contribution in [2.75, 3.05) is 13.1 Å². The number of imidazole rings is 1. The van der Waals surface area contributed by atoms with Crippen molar-refractivity contribution in [2.45, 2.75) is 39.2 Å². The Labute approximate surface area is 152 Å². The van der Waals surface area contributed by atoms with Crippen molar-refractivity contribution in [3.63, 3.8) is 0 Å².